The molecule has 0 aliphatic heterocycles. The summed E-state index contributed by atoms with van der Waals surface area (Å²) in [4.78, 5) is 15.3. The summed E-state index contributed by atoms with van der Waals surface area (Å²) in [6.45, 7) is 4.20. The van der Waals surface area contributed by atoms with Crippen molar-refractivity contribution in [1.29, 1.82) is 0 Å². The molecule has 0 aliphatic rings. The molecule has 0 atom stereocenters. The molecular weight excluding hydrogens is 182 g/mol. The summed E-state index contributed by atoms with van der Waals surface area (Å²) >= 11 is 0. The van der Waals surface area contributed by atoms with Crippen LogP contribution in [-0.2, 0) is 14.4 Å². The summed E-state index contributed by atoms with van der Waals surface area (Å²) in [5.41, 5.74) is 0. The van der Waals surface area contributed by atoms with E-state index in [1.54, 1.807) is 13.8 Å². The predicted molar refractivity (Wildman–Crippen MR) is 48.6 cm³/mol. The number of nitrogens with zero attached hydrogens (tertiary/aromatic N) is 1. The predicted octanol–water partition coefficient (Wildman–Crippen LogP) is 1.38. The molecule has 72 valence electrons. The number of carbonyl (C=O) groups excluding carboxylic acids is 1. The second-order valence-electron chi connectivity index (χ2n) is 1.75. The van der Waals surface area contributed by atoms with E-state index in [0.717, 1.165) is 0 Å². The van der Waals surface area contributed by atoms with Gasteiger partial charge in [-0.1, -0.05) is 5.16 Å². The number of ether oxygens (including phenoxy) is 1. The Morgan fingerprint density at radius 1 is 1.58 bits per heavy atom. The zero-order valence-electron chi connectivity index (χ0n) is 7.28. The Balaban J connectivity index is 0. The number of carbonyl (C=O) groups is 1. The Kier molecular flexibility index (Phi) is 11.8. The number of rotatable bonds is 5. The molecule has 4 nitrogen and oxygen atoms in total. The Morgan fingerprint density at radius 3 is 2.75 bits per heavy atom. The van der Waals surface area contributed by atoms with Gasteiger partial charge in [0.15, 0.2) is 0 Å². The number of hydrogen-bond donors (Lipinski definition) is 0. The smallest absolute Gasteiger partial charge is 0.309 e. The molecule has 0 heterocycles. The molecule has 0 aromatic heterocycles. The average Bonchev–Trinajstić information content (AvgIpc) is 1.99. The van der Waals surface area contributed by atoms with Gasteiger partial charge in [0.2, 0.25) is 0 Å². The normalized spacial score (nSPS) is 9.17. The molecule has 12 heavy (non-hydrogen) atoms. The Hall–Kier alpha value is -0.770. The molecule has 0 saturated heterocycles. The van der Waals surface area contributed by atoms with Gasteiger partial charge < -0.3 is 9.57 Å². The molecule has 0 saturated carbocycles. The third-order valence-corrected chi connectivity index (χ3v) is 0.883. The highest BCUT2D eigenvalue weighted by Crippen LogP contribution is 1.87. The van der Waals surface area contributed by atoms with Crippen LogP contribution >= 0.6 is 12.4 Å². The van der Waals surface area contributed by atoms with Crippen LogP contribution < -0.4 is 0 Å². The third kappa shape index (κ3) is 9.23. The molecule has 0 rings (SSSR count). The summed E-state index contributed by atoms with van der Waals surface area (Å²) in [5, 5.41) is 3.47. The minimum Gasteiger partial charge on any atom is -0.466 e. The standard InChI is InChI=1S/C7H13NO3.ClH/c1-3-8-11-6-5-7(9)10-4-2;/h3H,4-6H2,1-2H3;1H. The van der Waals surface area contributed by atoms with Crippen molar-refractivity contribution < 1.29 is 14.4 Å². The molecule has 0 unspecified atom stereocenters. The number of esters is 1. The van der Waals surface area contributed by atoms with Crippen LogP contribution in [0.3, 0.4) is 0 Å². The van der Waals surface area contributed by atoms with E-state index in [-0.39, 0.29) is 31.4 Å². The molecule has 0 spiro atoms. The lowest BCUT2D eigenvalue weighted by Crippen LogP contribution is -2.06. The molecule has 0 fully saturated rings. The highest BCUT2D eigenvalue weighted by atomic mass is 35.5. The van der Waals surface area contributed by atoms with Gasteiger partial charge in [-0.05, 0) is 13.8 Å². The summed E-state index contributed by atoms with van der Waals surface area (Å²) in [7, 11) is 0. The van der Waals surface area contributed by atoms with Crippen LogP contribution in [-0.4, -0.2) is 25.4 Å². The van der Waals surface area contributed by atoms with Crippen LogP contribution in [0.2, 0.25) is 0 Å². The zero-order valence-corrected chi connectivity index (χ0v) is 8.10. The maximum Gasteiger partial charge on any atom is 0.309 e. The van der Waals surface area contributed by atoms with E-state index in [1.807, 2.05) is 0 Å². The zero-order chi connectivity index (χ0) is 8.53. The fourth-order valence-corrected chi connectivity index (χ4v) is 0.489. The lowest BCUT2D eigenvalue weighted by molar-refractivity contribution is -0.144. The average molecular weight is 196 g/mol. The van der Waals surface area contributed by atoms with Crippen molar-refractivity contribution in [2.75, 3.05) is 13.2 Å². The molecule has 0 N–H and O–H groups in total. The van der Waals surface area contributed by atoms with Gasteiger partial charge in [0.1, 0.15) is 6.61 Å². The molecule has 0 radical (unpaired) electrons. The fourth-order valence-electron chi connectivity index (χ4n) is 0.489. The van der Waals surface area contributed by atoms with Gasteiger partial charge in [0, 0.05) is 6.21 Å². The third-order valence-electron chi connectivity index (χ3n) is 0.883. The summed E-state index contributed by atoms with van der Waals surface area (Å²) in [5.74, 6) is -0.251. The summed E-state index contributed by atoms with van der Waals surface area (Å²) < 4.78 is 4.65. The van der Waals surface area contributed by atoms with Gasteiger partial charge in [0.25, 0.3) is 0 Å². The van der Waals surface area contributed by atoms with Crippen molar-refractivity contribution in [3.63, 3.8) is 0 Å². The van der Waals surface area contributed by atoms with Crippen molar-refractivity contribution in [3.8, 4) is 0 Å². The van der Waals surface area contributed by atoms with Gasteiger partial charge >= 0.3 is 5.97 Å². The van der Waals surface area contributed by atoms with Crippen LogP contribution in [0.5, 0.6) is 0 Å². The Morgan fingerprint density at radius 2 is 2.25 bits per heavy atom. The maximum atomic E-state index is 10.7. The van der Waals surface area contributed by atoms with Crippen molar-refractivity contribution in [2.45, 2.75) is 20.3 Å². The minimum atomic E-state index is -0.251. The van der Waals surface area contributed by atoms with E-state index in [9.17, 15) is 4.79 Å². The van der Waals surface area contributed by atoms with Gasteiger partial charge in [-0.15, -0.1) is 12.4 Å². The number of oxime groups is 1. The first-order valence-electron chi connectivity index (χ1n) is 3.56. The molecule has 0 aromatic carbocycles. The van der Waals surface area contributed by atoms with E-state index in [2.05, 4.69) is 14.7 Å². The van der Waals surface area contributed by atoms with Crippen LogP contribution in [0.15, 0.2) is 5.16 Å². The minimum absolute atomic E-state index is 0. The molecule has 0 aromatic rings. The van der Waals surface area contributed by atoms with E-state index in [1.165, 1.54) is 6.21 Å². The molecule has 5 heteroatoms. The van der Waals surface area contributed by atoms with Crippen molar-refractivity contribution >= 4 is 24.6 Å². The highest BCUT2D eigenvalue weighted by molar-refractivity contribution is 5.85. The lowest BCUT2D eigenvalue weighted by atomic mass is 10.5. The van der Waals surface area contributed by atoms with Gasteiger partial charge in [0.05, 0.1) is 13.0 Å². The van der Waals surface area contributed by atoms with Gasteiger partial charge in [-0.3, -0.25) is 4.79 Å². The first kappa shape index (κ1) is 13.8. The molecule has 0 bridgehead atoms. The van der Waals surface area contributed by atoms with E-state index >= 15 is 0 Å². The second-order valence-corrected chi connectivity index (χ2v) is 1.75. The number of hydrogen-bond acceptors (Lipinski definition) is 4. The number of halogens is 1. The summed E-state index contributed by atoms with van der Waals surface area (Å²) in [6.07, 6.45) is 1.77. The topological polar surface area (TPSA) is 47.9 Å². The van der Waals surface area contributed by atoms with E-state index in [4.69, 9.17) is 0 Å². The van der Waals surface area contributed by atoms with E-state index in [0.29, 0.717) is 6.61 Å². The van der Waals surface area contributed by atoms with Crippen LogP contribution in [0.25, 0.3) is 0 Å². The molecule has 0 amide bonds. The summed E-state index contributed by atoms with van der Waals surface area (Å²) in [6, 6.07) is 0. The lowest BCUT2D eigenvalue weighted by Gasteiger charge is -1.99. The first-order chi connectivity index (χ1) is 5.31. The van der Waals surface area contributed by atoms with Crippen LogP contribution in [0.1, 0.15) is 20.3 Å². The largest absolute Gasteiger partial charge is 0.466 e. The fraction of sp³-hybridized carbons (Fsp3) is 0.714. The highest BCUT2D eigenvalue weighted by Gasteiger charge is 1.99. The Bertz CT molecular complexity index is 139. The van der Waals surface area contributed by atoms with Crippen molar-refractivity contribution in [3.05, 3.63) is 0 Å². The molecule has 0 aliphatic carbocycles. The van der Waals surface area contributed by atoms with Gasteiger partial charge in [-0.2, -0.15) is 0 Å². The molecular formula is C7H14ClNO3. The SMILES string of the molecule is CC=NOCCC(=O)OCC.Cl. The Labute approximate surface area is 78.3 Å². The quantitative estimate of drug-likeness (QED) is 0.288. The maximum absolute atomic E-state index is 10.7. The monoisotopic (exact) mass is 195 g/mol. The second kappa shape index (κ2) is 10.2. The van der Waals surface area contributed by atoms with Crippen LogP contribution in [0.4, 0.5) is 0 Å². The first-order valence-corrected chi connectivity index (χ1v) is 3.56. The van der Waals surface area contributed by atoms with Gasteiger partial charge in [-0.25, -0.2) is 0 Å². The van der Waals surface area contributed by atoms with Crippen molar-refractivity contribution in [1.82, 2.24) is 0 Å². The van der Waals surface area contributed by atoms with Crippen molar-refractivity contribution in [2.24, 2.45) is 5.16 Å². The van der Waals surface area contributed by atoms with Crippen LogP contribution in [0, 0.1) is 0 Å². The van der Waals surface area contributed by atoms with E-state index < -0.39 is 0 Å².